The van der Waals surface area contributed by atoms with Crippen molar-refractivity contribution in [2.24, 2.45) is 0 Å². The van der Waals surface area contributed by atoms with Gasteiger partial charge >= 0.3 is 0 Å². The van der Waals surface area contributed by atoms with Crippen LogP contribution in [0.15, 0.2) is 66.9 Å². The fourth-order valence-corrected chi connectivity index (χ4v) is 3.63. The topological polar surface area (TPSA) is 74.2 Å². The Bertz CT molecular complexity index is 929. The summed E-state index contributed by atoms with van der Waals surface area (Å²) >= 11 is 0. The number of nitrogens with zero attached hydrogens (tertiary/aromatic N) is 1. The zero-order valence-electron chi connectivity index (χ0n) is 14.4. The number of β-amino-alcohol motifs (C(OH)–C–C–N with tert-alkyl or cyclic N) is 1. The number of aromatic nitrogens is 1. The van der Waals surface area contributed by atoms with E-state index in [1.54, 1.807) is 6.20 Å². The number of benzene rings is 2. The van der Waals surface area contributed by atoms with Gasteiger partial charge in [0, 0.05) is 18.1 Å². The predicted molar refractivity (Wildman–Crippen MR) is 101 cm³/mol. The van der Waals surface area contributed by atoms with Gasteiger partial charge in [-0.3, -0.25) is 9.78 Å². The van der Waals surface area contributed by atoms with Crippen LogP contribution in [0, 0.1) is 0 Å². The van der Waals surface area contributed by atoms with Gasteiger partial charge in [0.25, 0.3) is 5.91 Å². The van der Waals surface area contributed by atoms with Crippen LogP contribution in [0.4, 0.5) is 0 Å². The Kier molecular flexibility index (Phi) is 4.41. The smallest absolute Gasteiger partial charge is 0.253 e. The molecule has 1 aliphatic heterocycles. The van der Waals surface area contributed by atoms with Gasteiger partial charge in [-0.05, 0) is 30.7 Å². The number of para-hydroxylation sites is 1. The summed E-state index contributed by atoms with van der Waals surface area (Å²) in [5, 5.41) is 18.0. The molecule has 1 saturated heterocycles. The monoisotopic (exact) mass is 347 g/mol. The van der Waals surface area contributed by atoms with Crippen molar-refractivity contribution in [3.63, 3.8) is 0 Å². The number of aliphatic hydroxyl groups excluding tert-OH is 1. The molecule has 0 unspecified atom stereocenters. The van der Waals surface area contributed by atoms with E-state index in [-0.39, 0.29) is 5.91 Å². The molecule has 3 N–H and O–H groups in total. The molecule has 0 saturated carbocycles. The van der Waals surface area contributed by atoms with E-state index in [1.807, 2.05) is 60.7 Å². The molecule has 0 bridgehead atoms. The van der Waals surface area contributed by atoms with Crippen molar-refractivity contribution in [2.45, 2.75) is 18.1 Å². The normalized spacial score (nSPS) is 22.9. The Morgan fingerprint density at radius 2 is 1.92 bits per heavy atom. The number of hydrogen-bond acceptors (Lipinski definition) is 4. The van der Waals surface area contributed by atoms with E-state index in [1.165, 1.54) is 0 Å². The summed E-state index contributed by atoms with van der Waals surface area (Å²) in [6.45, 7) is 1.16. The van der Waals surface area contributed by atoms with Gasteiger partial charge in [-0.2, -0.15) is 0 Å². The molecular formula is C21H21N3O2. The highest BCUT2D eigenvalue weighted by Crippen LogP contribution is 2.31. The van der Waals surface area contributed by atoms with Crippen LogP contribution < -0.4 is 10.6 Å². The first-order valence-corrected chi connectivity index (χ1v) is 8.81. The SMILES string of the molecule is O=C(N[C@]1(c2ccccc2)CCNC[C@H]1O)c1cnc2ccccc2c1. The van der Waals surface area contributed by atoms with Gasteiger partial charge < -0.3 is 15.7 Å². The minimum Gasteiger partial charge on any atom is -0.389 e. The second kappa shape index (κ2) is 6.86. The summed E-state index contributed by atoms with van der Waals surface area (Å²) < 4.78 is 0. The molecule has 2 aromatic carbocycles. The van der Waals surface area contributed by atoms with Crippen LogP contribution >= 0.6 is 0 Å². The van der Waals surface area contributed by atoms with Crippen LogP contribution in [0.25, 0.3) is 10.9 Å². The highest BCUT2D eigenvalue weighted by molar-refractivity contribution is 5.97. The number of aliphatic hydroxyl groups is 1. The second-order valence-corrected chi connectivity index (χ2v) is 6.68. The first kappa shape index (κ1) is 16.7. The molecule has 1 amide bonds. The molecule has 2 heterocycles. The van der Waals surface area contributed by atoms with Crippen molar-refractivity contribution in [2.75, 3.05) is 13.1 Å². The molecule has 26 heavy (non-hydrogen) atoms. The van der Waals surface area contributed by atoms with E-state index in [9.17, 15) is 9.90 Å². The van der Waals surface area contributed by atoms with Gasteiger partial charge in [-0.25, -0.2) is 0 Å². The van der Waals surface area contributed by atoms with Crippen LogP contribution in [0.1, 0.15) is 22.3 Å². The first-order valence-electron chi connectivity index (χ1n) is 8.81. The maximum Gasteiger partial charge on any atom is 0.253 e. The van der Waals surface area contributed by atoms with Gasteiger partial charge in [0.1, 0.15) is 0 Å². The van der Waals surface area contributed by atoms with Gasteiger partial charge in [-0.1, -0.05) is 48.5 Å². The third-order valence-electron chi connectivity index (χ3n) is 5.08. The van der Waals surface area contributed by atoms with Crippen molar-refractivity contribution in [1.29, 1.82) is 0 Å². The van der Waals surface area contributed by atoms with Crippen LogP contribution in [0.3, 0.4) is 0 Å². The van der Waals surface area contributed by atoms with E-state index in [2.05, 4.69) is 15.6 Å². The molecule has 3 aromatic rings. The first-order chi connectivity index (χ1) is 12.7. The number of piperidine rings is 1. The number of pyridine rings is 1. The highest BCUT2D eigenvalue weighted by Gasteiger charge is 2.42. The van der Waals surface area contributed by atoms with Crippen LogP contribution in [0.5, 0.6) is 0 Å². The maximum atomic E-state index is 13.0. The number of fused-ring (bicyclic) bond motifs is 1. The Hall–Kier alpha value is -2.76. The van der Waals surface area contributed by atoms with Crippen molar-refractivity contribution >= 4 is 16.8 Å². The molecule has 0 aliphatic carbocycles. The lowest BCUT2D eigenvalue weighted by atomic mass is 9.79. The minimum atomic E-state index is -0.810. The molecule has 2 atom stereocenters. The largest absolute Gasteiger partial charge is 0.389 e. The molecular weight excluding hydrogens is 326 g/mol. The lowest BCUT2D eigenvalue weighted by Crippen LogP contribution is -2.61. The third-order valence-corrected chi connectivity index (χ3v) is 5.08. The number of nitrogens with one attached hydrogen (secondary N) is 2. The summed E-state index contributed by atoms with van der Waals surface area (Å²) in [5.74, 6) is -0.229. The van der Waals surface area contributed by atoms with Gasteiger partial charge in [-0.15, -0.1) is 0 Å². The zero-order valence-corrected chi connectivity index (χ0v) is 14.4. The fraction of sp³-hybridized carbons (Fsp3) is 0.238. The van der Waals surface area contributed by atoms with Crippen molar-refractivity contribution in [1.82, 2.24) is 15.6 Å². The molecule has 132 valence electrons. The number of carbonyl (C=O) groups is 1. The average Bonchev–Trinajstić information content (AvgIpc) is 2.70. The molecule has 0 radical (unpaired) electrons. The van der Waals surface area contributed by atoms with E-state index in [4.69, 9.17) is 0 Å². The van der Waals surface area contributed by atoms with Crippen LogP contribution in [-0.2, 0) is 5.54 Å². The van der Waals surface area contributed by atoms with Crippen molar-refractivity contribution in [3.05, 3.63) is 78.0 Å². The summed E-state index contributed by atoms with van der Waals surface area (Å²) in [6.07, 6.45) is 1.49. The van der Waals surface area contributed by atoms with Crippen LogP contribution in [0.2, 0.25) is 0 Å². The van der Waals surface area contributed by atoms with Gasteiger partial charge in [0.05, 0.1) is 22.7 Å². The molecule has 5 nitrogen and oxygen atoms in total. The van der Waals surface area contributed by atoms with E-state index in [0.717, 1.165) is 23.0 Å². The number of carbonyl (C=O) groups excluding carboxylic acids is 1. The number of hydrogen-bond donors (Lipinski definition) is 3. The highest BCUT2D eigenvalue weighted by atomic mass is 16.3. The minimum absolute atomic E-state index is 0.229. The third kappa shape index (κ3) is 2.96. The van der Waals surface area contributed by atoms with Crippen LogP contribution in [-0.4, -0.2) is 35.2 Å². The lowest BCUT2D eigenvalue weighted by molar-refractivity contribution is 0.0289. The zero-order chi connectivity index (χ0) is 18.0. The summed E-state index contributed by atoms with van der Waals surface area (Å²) in [6, 6.07) is 19.2. The Balaban J connectivity index is 1.69. The average molecular weight is 347 g/mol. The van der Waals surface area contributed by atoms with Crippen molar-refractivity contribution in [3.8, 4) is 0 Å². The van der Waals surface area contributed by atoms with E-state index >= 15 is 0 Å². The molecule has 1 aromatic heterocycles. The fourth-order valence-electron chi connectivity index (χ4n) is 3.63. The summed E-state index contributed by atoms with van der Waals surface area (Å²) in [5.41, 5.74) is 1.44. The molecule has 1 aliphatic rings. The van der Waals surface area contributed by atoms with Crippen molar-refractivity contribution < 1.29 is 9.90 Å². The standard InChI is InChI=1S/C21H21N3O2/c25-19-14-22-11-10-21(19,17-7-2-1-3-8-17)24-20(26)16-12-15-6-4-5-9-18(15)23-13-16/h1-9,12-13,19,22,25H,10-11,14H2,(H,24,26)/t19-,21+/m1/s1. The quantitative estimate of drug-likeness (QED) is 0.679. The maximum absolute atomic E-state index is 13.0. The molecule has 5 heteroatoms. The Morgan fingerprint density at radius 1 is 1.15 bits per heavy atom. The molecule has 1 fully saturated rings. The van der Waals surface area contributed by atoms with Gasteiger partial charge in [0.2, 0.25) is 0 Å². The number of amides is 1. The Labute approximate surface area is 152 Å². The number of rotatable bonds is 3. The Morgan fingerprint density at radius 3 is 2.73 bits per heavy atom. The second-order valence-electron chi connectivity index (χ2n) is 6.68. The van der Waals surface area contributed by atoms with Gasteiger partial charge in [0.15, 0.2) is 0 Å². The summed E-state index contributed by atoms with van der Waals surface area (Å²) in [4.78, 5) is 17.4. The van der Waals surface area contributed by atoms with E-state index in [0.29, 0.717) is 18.5 Å². The predicted octanol–water partition coefficient (Wildman–Crippen LogP) is 2.21. The lowest BCUT2D eigenvalue weighted by Gasteiger charge is -2.43. The summed E-state index contributed by atoms with van der Waals surface area (Å²) in [7, 11) is 0. The molecule has 4 rings (SSSR count). The van der Waals surface area contributed by atoms with E-state index < -0.39 is 11.6 Å². The molecule has 0 spiro atoms.